The largest absolute Gasteiger partial charge is 0.506 e. The maximum Gasteiger partial charge on any atom is 0.143 e. The fourth-order valence-electron chi connectivity index (χ4n) is 2.64. The van der Waals surface area contributed by atoms with Crippen LogP contribution in [0.4, 0.5) is 0 Å². The van der Waals surface area contributed by atoms with Crippen molar-refractivity contribution in [3.63, 3.8) is 0 Å². The van der Waals surface area contributed by atoms with Gasteiger partial charge in [0.2, 0.25) is 0 Å². The normalized spacial score (nSPS) is 19.0. The highest BCUT2D eigenvalue weighted by atomic mass is 35.5. The van der Waals surface area contributed by atoms with Crippen LogP contribution in [-0.2, 0) is 0 Å². The average Bonchev–Trinajstić information content (AvgIpc) is 2.81. The Kier molecular flexibility index (Phi) is 4.19. The van der Waals surface area contributed by atoms with E-state index in [1.54, 1.807) is 6.07 Å². The van der Waals surface area contributed by atoms with Gasteiger partial charge in [0.25, 0.3) is 0 Å². The Bertz CT molecular complexity index is 784. The van der Waals surface area contributed by atoms with Gasteiger partial charge in [0.15, 0.2) is 0 Å². The minimum Gasteiger partial charge on any atom is -0.506 e. The minimum atomic E-state index is -0.0461. The van der Waals surface area contributed by atoms with Crippen molar-refractivity contribution in [2.75, 3.05) is 0 Å². The number of phenols is 1. The van der Waals surface area contributed by atoms with Crippen molar-refractivity contribution in [2.45, 2.75) is 19.3 Å². The van der Waals surface area contributed by atoms with Crippen molar-refractivity contribution in [3.8, 4) is 5.75 Å². The van der Waals surface area contributed by atoms with Crippen molar-refractivity contribution < 1.29 is 5.11 Å². The molecule has 5 heteroatoms. The second-order valence-electron chi connectivity index (χ2n) is 5.31. The Morgan fingerprint density at radius 3 is 2.82 bits per heavy atom. The predicted molar refractivity (Wildman–Crippen MR) is 91.7 cm³/mol. The summed E-state index contributed by atoms with van der Waals surface area (Å²) in [6, 6.07) is 11.3. The molecular formula is C17H14Cl2N2O. The summed E-state index contributed by atoms with van der Waals surface area (Å²) in [5, 5.41) is 18.9. The number of benzene rings is 2. The number of rotatable bonds is 2. The smallest absolute Gasteiger partial charge is 0.143 e. The second kappa shape index (κ2) is 6.11. The second-order valence-corrected chi connectivity index (χ2v) is 6.15. The first-order valence-corrected chi connectivity index (χ1v) is 7.69. The van der Waals surface area contributed by atoms with E-state index < -0.39 is 0 Å². The molecule has 3 nitrogen and oxygen atoms in total. The maximum absolute atomic E-state index is 9.88. The van der Waals surface area contributed by atoms with Gasteiger partial charge in [0.1, 0.15) is 5.75 Å². The highest BCUT2D eigenvalue weighted by molar-refractivity contribution is 6.36. The van der Waals surface area contributed by atoms with Crippen molar-refractivity contribution in [1.29, 1.82) is 0 Å². The van der Waals surface area contributed by atoms with E-state index in [9.17, 15) is 5.11 Å². The Labute approximate surface area is 138 Å². The number of fused-ring (bicyclic) bond motifs is 1. The molecule has 0 radical (unpaired) electrons. The Morgan fingerprint density at radius 2 is 2.00 bits per heavy atom. The lowest BCUT2D eigenvalue weighted by atomic mass is 10.0. The zero-order valence-corrected chi connectivity index (χ0v) is 13.4. The van der Waals surface area contributed by atoms with E-state index in [-0.39, 0.29) is 10.8 Å². The predicted octanol–water partition coefficient (Wildman–Crippen LogP) is 5.03. The summed E-state index contributed by atoms with van der Waals surface area (Å²) in [5.41, 5.74) is 3.83. The number of hydrogen-bond donors (Lipinski definition) is 1. The first-order valence-electron chi connectivity index (χ1n) is 6.93. The molecule has 1 N–H and O–H groups in total. The fraction of sp³-hybridized carbons (Fsp3) is 0.176. The molecule has 3 rings (SSSR count). The van der Waals surface area contributed by atoms with E-state index in [2.05, 4.69) is 29.3 Å². The summed E-state index contributed by atoms with van der Waals surface area (Å²) in [5.74, 6) is 0.398. The van der Waals surface area contributed by atoms with Crippen LogP contribution in [0.5, 0.6) is 5.75 Å². The monoisotopic (exact) mass is 332 g/mol. The summed E-state index contributed by atoms with van der Waals surface area (Å²) in [4.78, 5) is 0. The summed E-state index contributed by atoms with van der Waals surface area (Å²) < 4.78 is 0. The lowest BCUT2D eigenvalue weighted by Gasteiger charge is -2.01. The highest BCUT2D eigenvalue weighted by Crippen LogP contribution is 2.33. The highest BCUT2D eigenvalue weighted by Gasteiger charge is 2.23. The molecule has 0 spiro atoms. The van der Waals surface area contributed by atoms with Gasteiger partial charge in [-0.1, -0.05) is 54.4 Å². The molecule has 1 aliphatic carbocycles. The number of aromatic hydroxyl groups is 1. The molecule has 0 unspecified atom stereocenters. The van der Waals surface area contributed by atoms with Crippen LogP contribution in [0.25, 0.3) is 0 Å². The van der Waals surface area contributed by atoms with Crippen molar-refractivity contribution in [3.05, 3.63) is 63.1 Å². The zero-order valence-electron chi connectivity index (χ0n) is 11.9. The molecule has 0 bridgehead atoms. The van der Waals surface area contributed by atoms with E-state index in [1.165, 1.54) is 17.8 Å². The Hall–Kier alpha value is -1.84. The van der Waals surface area contributed by atoms with E-state index in [4.69, 9.17) is 23.2 Å². The van der Waals surface area contributed by atoms with Gasteiger partial charge in [-0.2, -0.15) is 10.2 Å². The molecule has 1 atom stereocenters. The molecule has 0 amide bonds. The SMILES string of the molecule is C[C@@H]1C/C(=N/N=C\c2cc(Cl)cc(Cl)c2O)c2ccccc21. The van der Waals surface area contributed by atoms with Crippen LogP contribution in [0.1, 0.15) is 36.0 Å². The fourth-order valence-corrected chi connectivity index (χ4v) is 3.15. The van der Waals surface area contributed by atoms with Crippen LogP contribution < -0.4 is 0 Å². The van der Waals surface area contributed by atoms with Gasteiger partial charge < -0.3 is 5.11 Å². The molecule has 0 aliphatic heterocycles. The van der Waals surface area contributed by atoms with Gasteiger partial charge in [-0.05, 0) is 30.0 Å². The molecule has 22 heavy (non-hydrogen) atoms. The van der Waals surface area contributed by atoms with E-state index in [0.717, 1.165) is 17.7 Å². The summed E-state index contributed by atoms with van der Waals surface area (Å²) in [6.45, 7) is 2.17. The average molecular weight is 333 g/mol. The molecule has 0 saturated heterocycles. The number of phenolic OH excluding ortho intramolecular Hbond substituents is 1. The third-order valence-electron chi connectivity index (χ3n) is 3.74. The third-order valence-corrected chi connectivity index (χ3v) is 4.24. The lowest BCUT2D eigenvalue weighted by molar-refractivity contribution is 0.474. The summed E-state index contributed by atoms with van der Waals surface area (Å²) in [6.07, 6.45) is 2.32. The summed E-state index contributed by atoms with van der Waals surface area (Å²) in [7, 11) is 0. The Balaban J connectivity index is 1.90. The molecule has 1 aliphatic rings. The van der Waals surface area contributed by atoms with Gasteiger partial charge in [-0.3, -0.25) is 0 Å². The maximum atomic E-state index is 9.88. The standard InChI is InChI=1S/C17H14Cl2N2O/c1-10-6-16(14-5-3-2-4-13(10)14)21-20-9-11-7-12(18)8-15(19)17(11)22/h2-5,7-10,22H,6H2,1H3/b20-9-,21-16-/t10-/m1/s1. The van der Waals surface area contributed by atoms with Crippen LogP contribution in [0.3, 0.4) is 0 Å². The molecule has 2 aromatic carbocycles. The Morgan fingerprint density at radius 1 is 1.23 bits per heavy atom. The van der Waals surface area contributed by atoms with Crippen molar-refractivity contribution >= 4 is 35.1 Å². The van der Waals surface area contributed by atoms with E-state index in [0.29, 0.717) is 16.5 Å². The van der Waals surface area contributed by atoms with Crippen LogP contribution in [0.15, 0.2) is 46.6 Å². The topological polar surface area (TPSA) is 45.0 Å². The zero-order chi connectivity index (χ0) is 15.7. The molecule has 2 aromatic rings. The van der Waals surface area contributed by atoms with Crippen LogP contribution >= 0.6 is 23.2 Å². The molecule has 0 heterocycles. The molecule has 0 saturated carbocycles. The van der Waals surface area contributed by atoms with Crippen molar-refractivity contribution in [1.82, 2.24) is 0 Å². The lowest BCUT2D eigenvalue weighted by Crippen LogP contribution is -1.93. The number of nitrogens with zero attached hydrogens (tertiary/aromatic N) is 2. The molecular weight excluding hydrogens is 319 g/mol. The van der Waals surface area contributed by atoms with Gasteiger partial charge in [0, 0.05) is 16.1 Å². The van der Waals surface area contributed by atoms with Crippen molar-refractivity contribution in [2.24, 2.45) is 10.2 Å². The first-order chi connectivity index (χ1) is 10.6. The molecule has 112 valence electrons. The summed E-state index contributed by atoms with van der Waals surface area (Å²) >= 11 is 11.8. The molecule has 0 aromatic heterocycles. The van der Waals surface area contributed by atoms with Gasteiger partial charge in [-0.15, -0.1) is 0 Å². The molecule has 0 fully saturated rings. The number of hydrogen-bond acceptors (Lipinski definition) is 3. The quantitative estimate of drug-likeness (QED) is 0.608. The van der Waals surface area contributed by atoms with Crippen LogP contribution in [0.2, 0.25) is 10.0 Å². The van der Waals surface area contributed by atoms with Gasteiger partial charge in [-0.25, -0.2) is 0 Å². The van der Waals surface area contributed by atoms with Crippen LogP contribution in [-0.4, -0.2) is 17.0 Å². The van der Waals surface area contributed by atoms with E-state index >= 15 is 0 Å². The van der Waals surface area contributed by atoms with Crippen LogP contribution in [0, 0.1) is 0 Å². The number of halogens is 2. The minimum absolute atomic E-state index is 0.0461. The van der Waals surface area contributed by atoms with E-state index in [1.807, 2.05) is 12.1 Å². The van der Waals surface area contributed by atoms with Gasteiger partial charge >= 0.3 is 0 Å². The third kappa shape index (κ3) is 2.87. The first kappa shape index (κ1) is 15.1. The van der Waals surface area contributed by atoms with Gasteiger partial charge in [0.05, 0.1) is 16.9 Å².